The van der Waals surface area contributed by atoms with Crippen LogP contribution >= 0.6 is 46.9 Å². The molecule has 2 fully saturated rings. The molecular formula is C21H21ClN4O3S3. The summed E-state index contributed by atoms with van der Waals surface area (Å²) in [6.45, 7) is -0.189. The molecule has 1 aliphatic heterocycles. The lowest BCUT2D eigenvalue weighted by Crippen LogP contribution is -2.36. The molecule has 1 aromatic heterocycles. The quantitative estimate of drug-likeness (QED) is 0.326. The molecule has 2 aliphatic rings. The van der Waals surface area contributed by atoms with Crippen molar-refractivity contribution in [1.29, 1.82) is 0 Å². The van der Waals surface area contributed by atoms with Crippen molar-refractivity contribution in [1.82, 2.24) is 15.1 Å². The topological polar surface area (TPSA) is 84.4 Å². The maximum absolute atomic E-state index is 12.8. The number of hydrogen-bond donors (Lipinski definition) is 1. The molecule has 1 aromatic carbocycles. The minimum atomic E-state index is -0.399. The molecule has 0 bridgehead atoms. The lowest BCUT2D eigenvalue weighted by molar-refractivity contribution is -0.126. The van der Waals surface area contributed by atoms with Crippen LogP contribution in [0.5, 0.6) is 5.75 Å². The number of rotatable bonds is 7. The van der Waals surface area contributed by atoms with Crippen molar-refractivity contribution in [2.75, 3.05) is 11.9 Å². The van der Waals surface area contributed by atoms with E-state index in [0.717, 1.165) is 24.2 Å². The van der Waals surface area contributed by atoms with Gasteiger partial charge in [0.1, 0.15) is 21.6 Å². The largest absolute Gasteiger partial charge is 0.490 e. The SMILES string of the molecule is O=C(CN1C(=O)/C(=C/c2ccc(OC3CCCCC3)cc2)SC1=S)Nc1nnc(CCl)s1. The summed E-state index contributed by atoms with van der Waals surface area (Å²) >= 11 is 13.4. The minimum absolute atomic E-state index is 0.189. The molecule has 1 N–H and O–H groups in total. The normalized spacial score (nSPS) is 18.4. The molecule has 1 saturated heterocycles. The smallest absolute Gasteiger partial charge is 0.266 e. The third-order valence-electron chi connectivity index (χ3n) is 5.04. The zero-order valence-corrected chi connectivity index (χ0v) is 20.3. The van der Waals surface area contributed by atoms with Gasteiger partial charge in [0.15, 0.2) is 0 Å². The summed E-state index contributed by atoms with van der Waals surface area (Å²) < 4.78 is 6.39. The van der Waals surface area contributed by atoms with Crippen molar-refractivity contribution in [2.24, 2.45) is 0 Å². The number of nitrogens with zero attached hydrogens (tertiary/aromatic N) is 3. The predicted octanol–water partition coefficient (Wildman–Crippen LogP) is 4.83. The number of benzene rings is 1. The molecule has 1 aliphatic carbocycles. The van der Waals surface area contributed by atoms with E-state index in [1.807, 2.05) is 24.3 Å². The number of thiocarbonyl (C=S) groups is 1. The summed E-state index contributed by atoms with van der Waals surface area (Å²) in [6, 6.07) is 7.68. The average molecular weight is 509 g/mol. The number of hydrogen-bond acceptors (Lipinski definition) is 8. The molecular weight excluding hydrogens is 488 g/mol. The summed E-state index contributed by atoms with van der Waals surface area (Å²) in [5, 5.41) is 11.2. The molecule has 0 radical (unpaired) electrons. The minimum Gasteiger partial charge on any atom is -0.490 e. The Morgan fingerprint density at radius 3 is 2.69 bits per heavy atom. The van der Waals surface area contributed by atoms with Gasteiger partial charge in [0, 0.05) is 0 Å². The molecule has 7 nitrogen and oxygen atoms in total. The molecule has 1 saturated carbocycles. The first kappa shape index (κ1) is 23.2. The van der Waals surface area contributed by atoms with E-state index in [2.05, 4.69) is 15.5 Å². The fraction of sp³-hybridized carbons (Fsp3) is 0.381. The fourth-order valence-corrected chi connectivity index (χ4v) is 5.54. The first-order valence-corrected chi connectivity index (χ1v) is 12.8. The summed E-state index contributed by atoms with van der Waals surface area (Å²) in [7, 11) is 0. The Bertz CT molecular complexity index is 1040. The number of halogens is 1. The molecule has 4 rings (SSSR count). The van der Waals surface area contributed by atoms with E-state index < -0.39 is 5.91 Å². The first-order chi connectivity index (χ1) is 15.5. The number of carbonyl (C=O) groups excluding carboxylic acids is 2. The van der Waals surface area contributed by atoms with E-state index in [-0.39, 0.29) is 18.3 Å². The van der Waals surface area contributed by atoms with Gasteiger partial charge in [-0.15, -0.1) is 21.8 Å². The summed E-state index contributed by atoms with van der Waals surface area (Å²) in [5.74, 6) is 0.369. The summed E-state index contributed by atoms with van der Waals surface area (Å²) in [4.78, 5) is 26.9. The van der Waals surface area contributed by atoms with Crippen LogP contribution in [-0.2, 0) is 15.5 Å². The van der Waals surface area contributed by atoms with Crippen molar-refractivity contribution in [3.8, 4) is 5.75 Å². The maximum atomic E-state index is 12.8. The number of aromatic nitrogens is 2. The van der Waals surface area contributed by atoms with E-state index in [0.29, 0.717) is 25.5 Å². The number of anilines is 1. The summed E-state index contributed by atoms with van der Waals surface area (Å²) in [5.41, 5.74) is 0.869. The Morgan fingerprint density at radius 2 is 2.00 bits per heavy atom. The third-order valence-corrected chi connectivity index (χ3v) is 7.66. The lowest BCUT2D eigenvalue weighted by atomic mass is 9.98. The Morgan fingerprint density at radius 1 is 1.25 bits per heavy atom. The second-order valence-corrected chi connectivity index (χ2v) is 10.4. The molecule has 0 atom stereocenters. The highest BCUT2D eigenvalue weighted by molar-refractivity contribution is 8.26. The van der Waals surface area contributed by atoms with Gasteiger partial charge in [0.05, 0.1) is 16.9 Å². The van der Waals surface area contributed by atoms with Crippen LogP contribution in [0.1, 0.15) is 42.7 Å². The molecule has 2 aromatic rings. The van der Waals surface area contributed by atoms with E-state index in [1.54, 1.807) is 6.08 Å². The van der Waals surface area contributed by atoms with E-state index in [4.69, 9.17) is 28.6 Å². The van der Waals surface area contributed by atoms with Gasteiger partial charge in [0.2, 0.25) is 11.0 Å². The van der Waals surface area contributed by atoms with E-state index >= 15 is 0 Å². The Balaban J connectivity index is 1.35. The van der Waals surface area contributed by atoms with E-state index in [1.165, 1.54) is 47.3 Å². The molecule has 168 valence electrons. The number of ether oxygens (including phenoxy) is 1. The lowest BCUT2D eigenvalue weighted by Gasteiger charge is -2.22. The van der Waals surface area contributed by atoms with Gasteiger partial charge in [0.25, 0.3) is 5.91 Å². The number of nitrogens with one attached hydrogen (secondary N) is 1. The Labute approximate surface area is 204 Å². The molecule has 0 unspecified atom stereocenters. The van der Waals surface area contributed by atoms with Crippen LogP contribution in [0.3, 0.4) is 0 Å². The van der Waals surface area contributed by atoms with Crippen LogP contribution in [0.4, 0.5) is 5.13 Å². The molecule has 11 heteroatoms. The van der Waals surface area contributed by atoms with Gasteiger partial charge < -0.3 is 4.74 Å². The predicted molar refractivity (Wildman–Crippen MR) is 132 cm³/mol. The molecule has 2 heterocycles. The highest BCUT2D eigenvalue weighted by Gasteiger charge is 2.33. The van der Waals surface area contributed by atoms with Crippen LogP contribution in [0.15, 0.2) is 29.2 Å². The highest BCUT2D eigenvalue weighted by atomic mass is 35.5. The van der Waals surface area contributed by atoms with Gasteiger partial charge in [-0.3, -0.25) is 19.8 Å². The van der Waals surface area contributed by atoms with Crippen LogP contribution in [0.2, 0.25) is 0 Å². The first-order valence-electron chi connectivity index (χ1n) is 10.2. The van der Waals surface area contributed by atoms with Crippen LogP contribution in [0, 0.1) is 0 Å². The van der Waals surface area contributed by atoms with Gasteiger partial charge in [-0.2, -0.15) is 0 Å². The summed E-state index contributed by atoms with van der Waals surface area (Å²) in [6.07, 6.45) is 8.00. The maximum Gasteiger partial charge on any atom is 0.266 e. The van der Waals surface area contributed by atoms with Crippen LogP contribution in [-0.4, -0.2) is 43.9 Å². The van der Waals surface area contributed by atoms with Crippen molar-refractivity contribution in [2.45, 2.75) is 44.1 Å². The highest BCUT2D eigenvalue weighted by Crippen LogP contribution is 2.33. The Kier molecular flexibility index (Phi) is 7.77. The number of alkyl halides is 1. The van der Waals surface area contributed by atoms with Crippen molar-refractivity contribution < 1.29 is 14.3 Å². The van der Waals surface area contributed by atoms with Gasteiger partial charge in [-0.1, -0.05) is 53.9 Å². The Hall–Kier alpha value is -2.01. The third kappa shape index (κ3) is 5.86. The molecule has 2 amide bonds. The van der Waals surface area contributed by atoms with Gasteiger partial charge in [-0.25, -0.2) is 0 Å². The fourth-order valence-electron chi connectivity index (χ4n) is 3.47. The van der Waals surface area contributed by atoms with Crippen LogP contribution < -0.4 is 10.1 Å². The van der Waals surface area contributed by atoms with Crippen molar-refractivity contribution in [3.05, 3.63) is 39.7 Å². The number of thioether (sulfide) groups is 1. The second kappa shape index (κ2) is 10.7. The van der Waals surface area contributed by atoms with Crippen molar-refractivity contribution >= 4 is 74.3 Å². The standard InChI is InChI=1S/C21H21ClN4O3S3/c22-11-18-24-25-20(32-18)23-17(27)12-26-19(28)16(31-21(26)30)10-13-6-8-15(9-7-13)29-14-4-2-1-3-5-14/h6-10,14H,1-5,11-12H2,(H,23,25,27)/b16-10-. The average Bonchev–Trinajstić information content (AvgIpc) is 3.35. The second-order valence-electron chi connectivity index (χ2n) is 7.40. The zero-order valence-electron chi connectivity index (χ0n) is 17.1. The van der Waals surface area contributed by atoms with Gasteiger partial charge in [-0.05, 0) is 49.5 Å². The molecule has 32 heavy (non-hydrogen) atoms. The van der Waals surface area contributed by atoms with Gasteiger partial charge >= 0.3 is 0 Å². The molecule has 0 spiro atoms. The monoisotopic (exact) mass is 508 g/mol. The van der Waals surface area contributed by atoms with Crippen molar-refractivity contribution in [3.63, 3.8) is 0 Å². The zero-order chi connectivity index (χ0) is 22.5. The van der Waals surface area contributed by atoms with Crippen LogP contribution in [0.25, 0.3) is 6.08 Å². The number of carbonyl (C=O) groups is 2. The number of amides is 2. The van der Waals surface area contributed by atoms with E-state index in [9.17, 15) is 9.59 Å².